The summed E-state index contributed by atoms with van der Waals surface area (Å²) in [5.41, 5.74) is 1.83. The van der Waals surface area contributed by atoms with Gasteiger partial charge >= 0.3 is 0 Å². The Kier molecular flexibility index (Phi) is 4.14. The van der Waals surface area contributed by atoms with Gasteiger partial charge in [-0.15, -0.1) is 0 Å². The number of nitrogens with one attached hydrogen (secondary N) is 1. The van der Waals surface area contributed by atoms with Gasteiger partial charge in [0.2, 0.25) is 5.91 Å². The molecule has 6 heteroatoms. The van der Waals surface area contributed by atoms with Crippen LogP contribution in [-0.4, -0.2) is 40.8 Å². The molecular weight excluding hydrogens is 294 g/mol. The number of aromatic nitrogens is 1. The van der Waals surface area contributed by atoms with E-state index in [0.717, 1.165) is 6.42 Å². The molecular formula is C17H19N3O3. The van der Waals surface area contributed by atoms with Gasteiger partial charge in [0.1, 0.15) is 11.7 Å². The number of hydrogen-bond donors (Lipinski definition) is 1. The van der Waals surface area contributed by atoms with Gasteiger partial charge in [0.25, 0.3) is 5.91 Å². The molecule has 2 amide bonds. The van der Waals surface area contributed by atoms with E-state index in [1.54, 1.807) is 43.2 Å². The first kappa shape index (κ1) is 15.3. The van der Waals surface area contributed by atoms with Crippen molar-refractivity contribution in [1.82, 2.24) is 15.2 Å². The second-order valence-corrected chi connectivity index (χ2v) is 5.63. The maximum atomic E-state index is 12.8. The van der Waals surface area contributed by atoms with Crippen LogP contribution in [0, 0.1) is 6.92 Å². The molecule has 2 aromatic rings. The summed E-state index contributed by atoms with van der Waals surface area (Å²) in [6.45, 7) is 4.69. The Morgan fingerprint density at radius 2 is 2.22 bits per heavy atom. The molecule has 3 heterocycles. The maximum absolute atomic E-state index is 12.8. The fourth-order valence-corrected chi connectivity index (χ4v) is 2.72. The van der Waals surface area contributed by atoms with E-state index >= 15 is 0 Å². The molecule has 0 bridgehead atoms. The van der Waals surface area contributed by atoms with Crippen LogP contribution in [0.1, 0.15) is 29.4 Å². The molecule has 0 radical (unpaired) electrons. The first-order chi connectivity index (χ1) is 11.1. The van der Waals surface area contributed by atoms with E-state index in [1.807, 2.05) is 6.07 Å². The zero-order valence-corrected chi connectivity index (χ0v) is 13.2. The lowest BCUT2D eigenvalue weighted by molar-refractivity contribution is -0.124. The van der Waals surface area contributed by atoms with Crippen molar-refractivity contribution in [3.05, 3.63) is 41.8 Å². The highest BCUT2D eigenvalue weighted by Crippen LogP contribution is 2.21. The Labute approximate surface area is 134 Å². The largest absolute Gasteiger partial charge is 0.463 e. The van der Waals surface area contributed by atoms with E-state index in [0.29, 0.717) is 35.8 Å². The van der Waals surface area contributed by atoms with E-state index in [-0.39, 0.29) is 11.8 Å². The van der Waals surface area contributed by atoms with Gasteiger partial charge in [-0.05, 0) is 44.5 Å². The Morgan fingerprint density at radius 1 is 1.39 bits per heavy atom. The van der Waals surface area contributed by atoms with Crippen molar-refractivity contribution in [2.24, 2.45) is 0 Å². The highest BCUT2D eigenvalue weighted by molar-refractivity contribution is 5.98. The Balaban J connectivity index is 1.88. The van der Waals surface area contributed by atoms with Crippen LogP contribution in [0.3, 0.4) is 0 Å². The molecule has 3 rings (SSSR count). The number of rotatable bonds is 2. The number of amides is 2. The molecule has 0 aliphatic carbocycles. The lowest BCUT2D eigenvalue weighted by Crippen LogP contribution is -2.45. The van der Waals surface area contributed by atoms with E-state index in [4.69, 9.17) is 4.42 Å². The van der Waals surface area contributed by atoms with Crippen LogP contribution in [-0.2, 0) is 4.79 Å². The molecule has 1 saturated heterocycles. The van der Waals surface area contributed by atoms with Crippen molar-refractivity contribution in [2.45, 2.75) is 26.3 Å². The van der Waals surface area contributed by atoms with E-state index in [2.05, 4.69) is 10.3 Å². The van der Waals surface area contributed by atoms with E-state index in [1.165, 1.54) is 0 Å². The van der Waals surface area contributed by atoms with Crippen molar-refractivity contribution >= 4 is 11.8 Å². The lowest BCUT2D eigenvalue weighted by atomic mass is 10.1. The van der Waals surface area contributed by atoms with Crippen LogP contribution in [0.15, 0.2) is 34.9 Å². The maximum Gasteiger partial charge on any atom is 0.256 e. The quantitative estimate of drug-likeness (QED) is 0.920. The SMILES string of the molecule is Cc1nc(-c2ccco2)ccc1C(=O)N1CCCNC(=O)[C@@H]1C. The number of hydrogen-bond acceptors (Lipinski definition) is 4. The van der Waals surface area contributed by atoms with Gasteiger partial charge in [0.15, 0.2) is 5.76 Å². The summed E-state index contributed by atoms with van der Waals surface area (Å²) in [4.78, 5) is 30.8. The molecule has 23 heavy (non-hydrogen) atoms. The molecule has 2 aromatic heterocycles. The second kappa shape index (κ2) is 6.24. The smallest absolute Gasteiger partial charge is 0.256 e. The standard InChI is InChI=1S/C17H19N3O3/c1-11-13(6-7-14(19-11)15-5-3-10-23-15)17(22)20-9-4-8-18-16(21)12(20)2/h3,5-7,10,12H,4,8-9H2,1-2H3,(H,18,21)/t12-/m0/s1. The molecule has 120 valence electrons. The molecule has 6 nitrogen and oxygen atoms in total. The first-order valence-corrected chi connectivity index (χ1v) is 7.68. The number of furan rings is 1. The topological polar surface area (TPSA) is 75.4 Å². The van der Waals surface area contributed by atoms with Gasteiger partial charge in [-0.3, -0.25) is 9.59 Å². The van der Waals surface area contributed by atoms with Gasteiger partial charge in [-0.1, -0.05) is 0 Å². The third-order valence-corrected chi connectivity index (χ3v) is 4.07. The van der Waals surface area contributed by atoms with Crippen LogP contribution in [0.25, 0.3) is 11.5 Å². The van der Waals surface area contributed by atoms with Crippen molar-refractivity contribution < 1.29 is 14.0 Å². The average Bonchev–Trinajstić information content (AvgIpc) is 3.02. The van der Waals surface area contributed by atoms with Crippen molar-refractivity contribution in [3.8, 4) is 11.5 Å². The normalized spacial score (nSPS) is 18.4. The second-order valence-electron chi connectivity index (χ2n) is 5.63. The third-order valence-electron chi connectivity index (χ3n) is 4.07. The molecule has 0 aromatic carbocycles. The van der Waals surface area contributed by atoms with Gasteiger partial charge < -0.3 is 14.6 Å². The van der Waals surface area contributed by atoms with Crippen LogP contribution < -0.4 is 5.32 Å². The predicted molar refractivity (Wildman–Crippen MR) is 84.8 cm³/mol. The van der Waals surface area contributed by atoms with Crippen LogP contribution in [0.5, 0.6) is 0 Å². The first-order valence-electron chi connectivity index (χ1n) is 7.68. The number of pyridine rings is 1. The van der Waals surface area contributed by atoms with Crippen LogP contribution in [0.2, 0.25) is 0 Å². The van der Waals surface area contributed by atoms with Crippen LogP contribution >= 0.6 is 0 Å². The minimum absolute atomic E-state index is 0.117. The third kappa shape index (κ3) is 2.97. The van der Waals surface area contributed by atoms with Crippen molar-refractivity contribution in [3.63, 3.8) is 0 Å². The fourth-order valence-electron chi connectivity index (χ4n) is 2.72. The summed E-state index contributed by atoms with van der Waals surface area (Å²) < 4.78 is 5.33. The zero-order valence-electron chi connectivity index (χ0n) is 13.2. The summed E-state index contributed by atoms with van der Waals surface area (Å²) in [7, 11) is 0. The summed E-state index contributed by atoms with van der Waals surface area (Å²) in [5, 5.41) is 2.81. The summed E-state index contributed by atoms with van der Waals surface area (Å²) in [6, 6.07) is 6.65. The highest BCUT2D eigenvalue weighted by Gasteiger charge is 2.29. The van der Waals surface area contributed by atoms with Gasteiger partial charge in [-0.25, -0.2) is 4.98 Å². The minimum atomic E-state index is -0.478. The molecule has 0 unspecified atom stereocenters. The Morgan fingerprint density at radius 3 is 2.91 bits per heavy atom. The summed E-state index contributed by atoms with van der Waals surface area (Å²) >= 11 is 0. The van der Waals surface area contributed by atoms with Gasteiger partial charge in [-0.2, -0.15) is 0 Å². The Bertz CT molecular complexity index is 725. The van der Waals surface area contributed by atoms with E-state index in [9.17, 15) is 9.59 Å². The Hall–Kier alpha value is -2.63. The number of carbonyl (C=O) groups excluding carboxylic acids is 2. The van der Waals surface area contributed by atoms with Crippen molar-refractivity contribution in [1.29, 1.82) is 0 Å². The van der Waals surface area contributed by atoms with Gasteiger partial charge in [0, 0.05) is 13.1 Å². The molecule has 1 aliphatic heterocycles. The lowest BCUT2D eigenvalue weighted by Gasteiger charge is -2.26. The van der Waals surface area contributed by atoms with Crippen LogP contribution in [0.4, 0.5) is 0 Å². The van der Waals surface area contributed by atoms with E-state index < -0.39 is 6.04 Å². The summed E-state index contributed by atoms with van der Waals surface area (Å²) in [6.07, 6.45) is 2.34. The molecule has 1 fully saturated rings. The molecule has 1 N–H and O–H groups in total. The van der Waals surface area contributed by atoms with Gasteiger partial charge in [0.05, 0.1) is 17.5 Å². The molecule has 0 saturated carbocycles. The monoisotopic (exact) mass is 313 g/mol. The predicted octanol–water partition coefficient (Wildman–Crippen LogP) is 2.00. The highest BCUT2D eigenvalue weighted by atomic mass is 16.3. The molecule has 0 spiro atoms. The zero-order chi connectivity index (χ0) is 16.4. The molecule has 1 atom stereocenters. The minimum Gasteiger partial charge on any atom is -0.463 e. The number of nitrogens with zero attached hydrogens (tertiary/aromatic N) is 2. The summed E-state index contributed by atoms with van der Waals surface area (Å²) in [5.74, 6) is 0.383. The fraction of sp³-hybridized carbons (Fsp3) is 0.353. The number of carbonyl (C=O) groups is 2. The average molecular weight is 313 g/mol. The molecule has 1 aliphatic rings. The van der Waals surface area contributed by atoms with Crippen molar-refractivity contribution in [2.75, 3.05) is 13.1 Å². The number of aryl methyl sites for hydroxylation is 1.